The number of nitrogens with zero attached hydrogens (tertiary/aromatic N) is 1. The van der Waals surface area contributed by atoms with Gasteiger partial charge in [0, 0.05) is 13.6 Å². The molecule has 3 aromatic rings. The molecule has 0 aliphatic carbocycles. The maximum atomic E-state index is 13.1. The van der Waals surface area contributed by atoms with Crippen molar-refractivity contribution in [3.63, 3.8) is 0 Å². The average Bonchev–Trinajstić information content (AvgIpc) is 2.68. The Morgan fingerprint density at radius 2 is 1.54 bits per heavy atom. The Morgan fingerprint density at radius 1 is 0.929 bits per heavy atom. The first-order valence-corrected chi connectivity index (χ1v) is 10.0. The molecule has 0 aliphatic rings. The van der Waals surface area contributed by atoms with Crippen LogP contribution in [0.3, 0.4) is 0 Å². The van der Waals surface area contributed by atoms with Crippen molar-refractivity contribution < 1.29 is 17.6 Å². The minimum absolute atomic E-state index is 0.0891. The van der Waals surface area contributed by atoms with Crippen LogP contribution in [0.4, 0.5) is 10.1 Å². The standard InChI is InChI=1S/C21H19FN2O3S/c1-24(15-16-7-3-2-4-8-16)21(25)19-9-5-6-10-20(19)23-28(26,27)18-13-11-17(22)12-14-18/h2-14,23H,15H2,1H3. The molecule has 0 radical (unpaired) electrons. The molecule has 5 nitrogen and oxygen atoms in total. The third kappa shape index (κ3) is 4.55. The minimum atomic E-state index is -3.96. The van der Waals surface area contributed by atoms with Crippen LogP contribution in [0.1, 0.15) is 15.9 Å². The van der Waals surface area contributed by atoms with Crippen LogP contribution in [0, 0.1) is 5.82 Å². The third-order valence-corrected chi connectivity index (χ3v) is 5.52. The van der Waals surface area contributed by atoms with Gasteiger partial charge < -0.3 is 4.90 Å². The molecule has 0 spiro atoms. The van der Waals surface area contributed by atoms with E-state index in [2.05, 4.69) is 4.72 Å². The first-order valence-electron chi connectivity index (χ1n) is 8.53. The summed E-state index contributed by atoms with van der Waals surface area (Å²) >= 11 is 0. The third-order valence-electron chi connectivity index (χ3n) is 4.14. The lowest BCUT2D eigenvalue weighted by Gasteiger charge is -2.19. The topological polar surface area (TPSA) is 66.5 Å². The van der Waals surface area contributed by atoms with Crippen LogP contribution in [0.5, 0.6) is 0 Å². The fourth-order valence-corrected chi connectivity index (χ4v) is 3.79. The number of rotatable bonds is 6. The van der Waals surface area contributed by atoms with Crippen molar-refractivity contribution in [3.8, 4) is 0 Å². The van der Waals surface area contributed by atoms with Gasteiger partial charge in [-0.3, -0.25) is 9.52 Å². The number of hydrogen-bond acceptors (Lipinski definition) is 3. The average molecular weight is 398 g/mol. The van der Waals surface area contributed by atoms with Gasteiger partial charge in [0.1, 0.15) is 5.82 Å². The van der Waals surface area contributed by atoms with Crippen molar-refractivity contribution in [2.24, 2.45) is 0 Å². The summed E-state index contributed by atoms with van der Waals surface area (Å²) in [7, 11) is -2.30. The van der Waals surface area contributed by atoms with Crippen LogP contribution in [-0.2, 0) is 16.6 Å². The number of anilines is 1. The van der Waals surface area contributed by atoms with Crippen molar-refractivity contribution in [1.29, 1.82) is 0 Å². The van der Waals surface area contributed by atoms with E-state index in [0.29, 0.717) is 6.54 Å². The largest absolute Gasteiger partial charge is 0.337 e. The zero-order valence-corrected chi connectivity index (χ0v) is 16.0. The first-order chi connectivity index (χ1) is 13.4. The molecule has 0 aliphatic heterocycles. The van der Waals surface area contributed by atoms with Crippen LogP contribution in [0.25, 0.3) is 0 Å². The quantitative estimate of drug-likeness (QED) is 0.685. The Balaban J connectivity index is 1.84. The van der Waals surface area contributed by atoms with Gasteiger partial charge in [-0.25, -0.2) is 12.8 Å². The lowest BCUT2D eigenvalue weighted by atomic mass is 10.1. The number of amides is 1. The lowest BCUT2D eigenvalue weighted by Crippen LogP contribution is -2.27. The molecule has 3 aromatic carbocycles. The van der Waals surface area contributed by atoms with E-state index < -0.39 is 15.8 Å². The maximum absolute atomic E-state index is 13.1. The van der Waals surface area contributed by atoms with Crippen molar-refractivity contribution >= 4 is 21.6 Å². The van der Waals surface area contributed by atoms with Crippen LogP contribution in [-0.4, -0.2) is 26.3 Å². The number of halogens is 1. The smallest absolute Gasteiger partial charge is 0.261 e. The first kappa shape index (κ1) is 19.6. The Kier molecular flexibility index (Phi) is 5.75. The Hall–Kier alpha value is -3.19. The van der Waals surface area contributed by atoms with Gasteiger partial charge >= 0.3 is 0 Å². The van der Waals surface area contributed by atoms with Crippen LogP contribution in [0.2, 0.25) is 0 Å². The molecule has 0 unspecified atom stereocenters. The number of sulfonamides is 1. The Morgan fingerprint density at radius 3 is 2.21 bits per heavy atom. The number of carbonyl (C=O) groups is 1. The number of benzene rings is 3. The van der Waals surface area contributed by atoms with Crippen LogP contribution < -0.4 is 4.72 Å². The van der Waals surface area contributed by atoms with Gasteiger partial charge in [-0.05, 0) is 42.0 Å². The SMILES string of the molecule is CN(Cc1ccccc1)C(=O)c1ccccc1NS(=O)(=O)c1ccc(F)cc1. The van der Waals surface area contributed by atoms with Crippen molar-refractivity contribution in [3.05, 3.63) is 95.8 Å². The molecule has 0 heterocycles. The fourth-order valence-electron chi connectivity index (χ4n) is 2.71. The molecule has 0 fully saturated rings. The second kappa shape index (κ2) is 8.22. The second-order valence-corrected chi connectivity index (χ2v) is 7.93. The van der Waals surface area contributed by atoms with E-state index in [9.17, 15) is 17.6 Å². The molecule has 0 aromatic heterocycles. The van der Waals surface area contributed by atoms with Gasteiger partial charge in [0.15, 0.2) is 0 Å². The predicted octanol–water partition coefficient (Wildman–Crippen LogP) is 3.90. The van der Waals surface area contributed by atoms with Crippen molar-refractivity contribution in [1.82, 2.24) is 4.90 Å². The number of nitrogens with one attached hydrogen (secondary N) is 1. The fraction of sp³-hybridized carbons (Fsp3) is 0.0952. The van der Waals surface area contributed by atoms with Gasteiger partial charge in [-0.1, -0.05) is 42.5 Å². The maximum Gasteiger partial charge on any atom is 0.261 e. The van der Waals surface area contributed by atoms with Gasteiger partial charge in [-0.15, -0.1) is 0 Å². The van der Waals surface area contributed by atoms with E-state index in [4.69, 9.17) is 0 Å². The summed E-state index contributed by atoms with van der Waals surface area (Å²) in [6, 6.07) is 20.3. The Labute approximate surface area is 163 Å². The summed E-state index contributed by atoms with van der Waals surface area (Å²) in [5.74, 6) is -0.849. The monoisotopic (exact) mass is 398 g/mol. The second-order valence-electron chi connectivity index (χ2n) is 6.25. The van der Waals surface area contributed by atoms with Gasteiger partial charge in [0.05, 0.1) is 16.1 Å². The predicted molar refractivity (Wildman–Crippen MR) is 106 cm³/mol. The summed E-state index contributed by atoms with van der Waals surface area (Å²) in [5.41, 5.74) is 1.35. The molecule has 3 rings (SSSR count). The highest BCUT2D eigenvalue weighted by Crippen LogP contribution is 2.22. The van der Waals surface area contributed by atoms with E-state index in [-0.39, 0.29) is 22.1 Å². The number of hydrogen-bond donors (Lipinski definition) is 1. The minimum Gasteiger partial charge on any atom is -0.337 e. The zero-order chi connectivity index (χ0) is 20.1. The normalized spacial score (nSPS) is 11.1. The highest BCUT2D eigenvalue weighted by molar-refractivity contribution is 7.92. The highest BCUT2D eigenvalue weighted by atomic mass is 32.2. The summed E-state index contributed by atoms with van der Waals surface area (Å²) in [4.78, 5) is 14.3. The Bertz CT molecular complexity index is 1070. The van der Waals surface area contributed by atoms with E-state index in [1.54, 1.807) is 25.2 Å². The summed E-state index contributed by atoms with van der Waals surface area (Å²) < 4.78 is 40.7. The van der Waals surface area contributed by atoms with Crippen LogP contribution in [0.15, 0.2) is 83.8 Å². The summed E-state index contributed by atoms with van der Waals surface area (Å²) in [6.45, 7) is 0.388. The van der Waals surface area contributed by atoms with Crippen LogP contribution >= 0.6 is 0 Å². The molecule has 144 valence electrons. The van der Waals surface area contributed by atoms with E-state index in [1.165, 1.54) is 23.1 Å². The molecule has 28 heavy (non-hydrogen) atoms. The van der Waals surface area contributed by atoms with Gasteiger partial charge in [0.2, 0.25) is 0 Å². The molecule has 7 heteroatoms. The number of para-hydroxylation sites is 1. The molecular formula is C21H19FN2O3S. The van der Waals surface area contributed by atoms with E-state index in [0.717, 1.165) is 17.7 Å². The molecular weight excluding hydrogens is 379 g/mol. The van der Waals surface area contributed by atoms with Gasteiger partial charge in [0.25, 0.3) is 15.9 Å². The molecule has 0 atom stereocenters. The molecule has 0 saturated heterocycles. The zero-order valence-electron chi connectivity index (χ0n) is 15.2. The molecule has 1 amide bonds. The number of carbonyl (C=O) groups excluding carboxylic acids is 1. The van der Waals surface area contributed by atoms with Crippen molar-refractivity contribution in [2.45, 2.75) is 11.4 Å². The molecule has 0 saturated carbocycles. The van der Waals surface area contributed by atoms with E-state index >= 15 is 0 Å². The molecule has 0 bridgehead atoms. The lowest BCUT2D eigenvalue weighted by molar-refractivity contribution is 0.0786. The van der Waals surface area contributed by atoms with Crippen molar-refractivity contribution in [2.75, 3.05) is 11.8 Å². The molecule has 1 N–H and O–H groups in total. The van der Waals surface area contributed by atoms with Gasteiger partial charge in [-0.2, -0.15) is 0 Å². The highest BCUT2D eigenvalue weighted by Gasteiger charge is 2.20. The van der Waals surface area contributed by atoms with E-state index in [1.807, 2.05) is 30.3 Å². The summed E-state index contributed by atoms with van der Waals surface area (Å²) in [6.07, 6.45) is 0. The summed E-state index contributed by atoms with van der Waals surface area (Å²) in [5, 5.41) is 0.